The third-order valence-electron chi connectivity index (χ3n) is 5.02. The van der Waals surface area contributed by atoms with E-state index in [0.717, 1.165) is 5.56 Å². The summed E-state index contributed by atoms with van der Waals surface area (Å²) < 4.78 is 16.0. The van der Waals surface area contributed by atoms with Crippen LogP contribution in [0.2, 0.25) is 0 Å². The lowest BCUT2D eigenvalue weighted by Gasteiger charge is -2.27. The van der Waals surface area contributed by atoms with Gasteiger partial charge in [-0.1, -0.05) is 6.07 Å². The van der Waals surface area contributed by atoms with E-state index in [4.69, 9.17) is 14.2 Å². The van der Waals surface area contributed by atoms with Crippen LogP contribution in [-0.4, -0.2) is 66.6 Å². The van der Waals surface area contributed by atoms with Crippen molar-refractivity contribution in [2.45, 2.75) is 0 Å². The molecule has 0 bridgehead atoms. The van der Waals surface area contributed by atoms with E-state index >= 15 is 0 Å². The highest BCUT2D eigenvalue weighted by atomic mass is 16.6. The van der Waals surface area contributed by atoms with E-state index in [-0.39, 0.29) is 17.6 Å². The van der Waals surface area contributed by atoms with Gasteiger partial charge in [0.25, 0.3) is 5.69 Å². The van der Waals surface area contributed by atoms with Gasteiger partial charge in [0.15, 0.2) is 11.5 Å². The van der Waals surface area contributed by atoms with Crippen molar-refractivity contribution in [1.29, 1.82) is 0 Å². The normalized spacial score (nSPS) is 13.5. The topological polar surface area (TPSA) is 149 Å². The number of nitrogens with one attached hydrogen (secondary N) is 2. The van der Waals surface area contributed by atoms with Crippen molar-refractivity contribution in [3.63, 3.8) is 0 Å². The molecule has 0 spiro atoms. The Morgan fingerprint density at radius 3 is 2.57 bits per heavy atom. The Hall–Kier alpha value is -4.52. The molecule has 1 aliphatic rings. The highest BCUT2D eigenvalue weighted by Gasteiger charge is 2.17. The number of rotatable bonds is 9. The average Bonchev–Trinajstić information content (AvgIpc) is 2.89. The number of hydrazone groups is 1. The van der Waals surface area contributed by atoms with E-state index < -0.39 is 4.92 Å². The minimum absolute atomic E-state index is 0.0460. The number of hydrogen-bond acceptors (Lipinski definition) is 12. The molecule has 2 N–H and O–H groups in total. The summed E-state index contributed by atoms with van der Waals surface area (Å²) in [5.74, 6) is 2.04. The molecule has 3 aromatic rings. The number of nitrogens with zero attached hydrogens (tertiary/aromatic N) is 6. The van der Waals surface area contributed by atoms with Crippen LogP contribution in [0, 0.1) is 10.1 Å². The minimum Gasteiger partial charge on any atom is -0.493 e. The number of nitro groups is 1. The molecule has 2 aromatic carbocycles. The molecule has 0 aliphatic carbocycles. The van der Waals surface area contributed by atoms with Gasteiger partial charge in [-0.15, -0.1) is 0 Å². The van der Waals surface area contributed by atoms with E-state index in [0.29, 0.717) is 49.4 Å². The molecule has 0 atom stereocenters. The standard InChI is InChI=1S/C22H24N8O5/c1-33-18-7-6-15(12-19(18)34-2)14-23-28-21-25-20(24-16-4-3-5-17(13-16)30(31)32)26-22(27-21)29-8-10-35-11-9-29/h3-7,12-14H,8-11H2,1-2H3,(H2,24,25,26,27,28)/b23-14+. The van der Waals surface area contributed by atoms with Crippen molar-refractivity contribution in [3.05, 3.63) is 58.1 Å². The Labute approximate surface area is 200 Å². The largest absolute Gasteiger partial charge is 0.493 e. The van der Waals surface area contributed by atoms with Crippen LogP contribution in [0.15, 0.2) is 47.6 Å². The number of non-ortho nitro benzene ring substituents is 1. The van der Waals surface area contributed by atoms with Crippen LogP contribution in [-0.2, 0) is 4.74 Å². The molecular weight excluding hydrogens is 456 g/mol. The van der Waals surface area contributed by atoms with Gasteiger partial charge in [-0.05, 0) is 29.8 Å². The molecule has 0 amide bonds. The van der Waals surface area contributed by atoms with Crippen molar-refractivity contribution < 1.29 is 19.1 Å². The fourth-order valence-corrected chi connectivity index (χ4v) is 3.30. The molecule has 2 heterocycles. The smallest absolute Gasteiger partial charge is 0.271 e. The van der Waals surface area contributed by atoms with Crippen molar-refractivity contribution in [2.75, 3.05) is 56.2 Å². The second-order valence-electron chi connectivity index (χ2n) is 7.30. The molecule has 35 heavy (non-hydrogen) atoms. The van der Waals surface area contributed by atoms with Crippen molar-refractivity contribution in [1.82, 2.24) is 15.0 Å². The summed E-state index contributed by atoms with van der Waals surface area (Å²) in [5, 5.41) is 18.3. The molecule has 13 nitrogen and oxygen atoms in total. The summed E-state index contributed by atoms with van der Waals surface area (Å²) in [7, 11) is 3.13. The molecule has 1 aliphatic heterocycles. The third kappa shape index (κ3) is 6.09. The Morgan fingerprint density at radius 2 is 1.83 bits per heavy atom. The molecular formula is C22H24N8O5. The zero-order valence-corrected chi connectivity index (χ0v) is 19.2. The number of anilines is 4. The summed E-state index contributed by atoms with van der Waals surface area (Å²) in [5.41, 5.74) is 4.02. The van der Waals surface area contributed by atoms with E-state index in [1.807, 2.05) is 11.0 Å². The zero-order chi connectivity index (χ0) is 24.6. The Kier molecular flexibility index (Phi) is 7.47. The molecule has 1 saturated heterocycles. The number of ether oxygens (including phenoxy) is 3. The van der Waals surface area contributed by atoms with Gasteiger partial charge in [0.05, 0.1) is 38.6 Å². The lowest BCUT2D eigenvalue weighted by atomic mass is 10.2. The number of aromatic nitrogens is 3. The van der Waals surface area contributed by atoms with Crippen LogP contribution >= 0.6 is 0 Å². The van der Waals surface area contributed by atoms with E-state index in [2.05, 4.69) is 30.8 Å². The minimum atomic E-state index is -0.465. The van der Waals surface area contributed by atoms with Crippen LogP contribution < -0.4 is 25.1 Å². The maximum absolute atomic E-state index is 11.1. The first-order valence-electron chi connectivity index (χ1n) is 10.7. The summed E-state index contributed by atoms with van der Waals surface area (Å²) in [6.45, 7) is 2.35. The first kappa shape index (κ1) is 23.6. The summed E-state index contributed by atoms with van der Waals surface area (Å²) in [6, 6.07) is 11.5. The van der Waals surface area contributed by atoms with Crippen LogP contribution in [0.5, 0.6) is 11.5 Å². The first-order chi connectivity index (χ1) is 17.1. The lowest BCUT2D eigenvalue weighted by molar-refractivity contribution is -0.384. The number of morpholine rings is 1. The van der Waals surface area contributed by atoms with Gasteiger partial charge >= 0.3 is 0 Å². The van der Waals surface area contributed by atoms with Crippen LogP contribution in [0.4, 0.5) is 29.2 Å². The molecule has 13 heteroatoms. The van der Waals surface area contributed by atoms with E-state index in [1.165, 1.54) is 12.1 Å². The van der Waals surface area contributed by atoms with Crippen molar-refractivity contribution in [2.24, 2.45) is 5.10 Å². The van der Waals surface area contributed by atoms with Crippen LogP contribution in [0.25, 0.3) is 0 Å². The first-order valence-corrected chi connectivity index (χ1v) is 10.7. The summed E-state index contributed by atoms with van der Waals surface area (Å²) in [6.07, 6.45) is 1.59. The van der Waals surface area contributed by atoms with Crippen molar-refractivity contribution >= 4 is 35.4 Å². The second-order valence-corrected chi connectivity index (χ2v) is 7.30. The highest BCUT2D eigenvalue weighted by molar-refractivity contribution is 5.81. The number of benzene rings is 2. The molecule has 182 valence electrons. The SMILES string of the molecule is COc1ccc(/C=N/Nc2nc(Nc3cccc([N+](=O)[O-])c3)nc(N3CCOCC3)n2)cc1OC. The highest BCUT2D eigenvalue weighted by Crippen LogP contribution is 2.27. The molecule has 0 saturated carbocycles. The zero-order valence-electron chi connectivity index (χ0n) is 19.2. The summed E-state index contributed by atoms with van der Waals surface area (Å²) >= 11 is 0. The molecule has 1 fully saturated rings. The van der Waals surface area contributed by atoms with Gasteiger partial charge in [-0.25, -0.2) is 5.43 Å². The van der Waals surface area contributed by atoms with E-state index in [1.54, 1.807) is 44.7 Å². The van der Waals surface area contributed by atoms with Crippen molar-refractivity contribution in [3.8, 4) is 11.5 Å². The summed E-state index contributed by atoms with van der Waals surface area (Å²) in [4.78, 5) is 25.9. The molecule has 0 radical (unpaired) electrons. The van der Waals surface area contributed by atoms with Gasteiger partial charge < -0.3 is 24.4 Å². The number of nitro benzene ring substituents is 1. The fourth-order valence-electron chi connectivity index (χ4n) is 3.30. The quantitative estimate of drug-likeness (QED) is 0.264. The molecule has 1 aromatic heterocycles. The number of hydrogen-bond donors (Lipinski definition) is 2. The molecule has 0 unspecified atom stereocenters. The van der Waals surface area contributed by atoms with Gasteiger partial charge in [0.1, 0.15) is 0 Å². The Balaban J connectivity index is 1.57. The van der Waals surface area contributed by atoms with Crippen LogP contribution in [0.1, 0.15) is 5.56 Å². The third-order valence-corrected chi connectivity index (χ3v) is 5.02. The fraction of sp³-hybridized carbons (Fsp3) is 0.273. The monoisotopic (exact) mass is 480 g/mol. The Bertz CT molecular complexity index is 1220. The van der Waals surface area contributed by atoms with Gasteiger partial charge in [-0.2, -0.15) is 20.1 Å². The predicted octanol–water partition coefficient (Wildman–Crippen LogP) is 2.82. The van der Waals surface area contributed by atoms with Crippen LogP contribution in [0.3, 0.4) is 0 Å². The Morgan fingerprint density at radius 1 is 1.06 bits per heavy atom. The van der Waals surface area contributed by atoms with E-state index in [9.17, 15) is 10.1 Å². The van der Waals surface area contributed by atoms with Gasteiger partial charge in [0, 0.05) is 30.9 Å². The number of methoxy groups -OCH3 is 2. The second kappa shape index (κ2) is 11.1. The van der Waals surface area contributed by atoms with Gasteiger partial charge in [-0.3, -0.25) is 10.1 Å². The lowest BCUT2D eigenvalue weighted by Crippen LogP contribution is -2.37. The van der Waals surface area contributed by atoms with Gasteiger partial charge in [0.2, 0.25) is 17.8 Å². The average molecular weight is 480 g/mol. The maximum atomic E-state index is 11.1. The molecule has 4 rings (SSSR count). The predicted molar refractivity (Wildman–Crippen MR) is 130 cm³/mol. The maximum Gasteiger partial charge on any atom is 0.271 e.